The van der Waals surface area contributed by atoms with Crippen LogP contribution in [-0.2, 0) is 14.8 Å². The molecule has 1 heterocycles. The summed E-state index contributed by atoms with van der Waals surface area (Å²) in [5, 5.41) is 2.73. The van der Waals surface area contributed by atoms with E-state index in [4.69, 9.17) is 14.2 Å². The predicted molar refractivity (Wildman–Crippen MR) is 132 cm³/mol. The van der Waals surface area contributed by atoms with Crippen LogP contribution in [0.5, 0.6) is 17.2 Å². The van der Waals surface area contributed by atoms with E-state index in [0.717, 1.165) is 31.2 Å². The molecule has 0 unspecified atom stereocenters. The standard InChI is InChI=1S/C25H32N2O6S/c1-4-33-24-17-19(9-12-23(24)32-3)10-14-25(28)26-21-18-20(11-13-22(21)31-2)34(29,30)27-15-7-5-6-8-16-27/h9-14,17-18H,4-8,15-16H2,1-3H3,(H,26,28). The fraction of sp³-hybridized carbons (Fsp3) is 0.400. The second-order valence-corrected chi connectivity index (χ2v) is 9.78. The lowest BCUT2D eigenvalue weighted by Gasteiger charge is -2.21. The first kappa shape index (κ1) is 25.6. The predicted octanol–water partition coefficient (Wildman–Crippen LogP) is 4.32. The Morgan fingerprint density at radius 2 is 1.65 bits per heavy atom. The quantitative estimate of drug-likeness (QED) is 0.529. The zero-order chi connectivity index (χ0) is 24.6. The molecular weight excluding hydrogens is 456 g/mol. The van der Waals surface area contributed by atoms with Crippen molar-refractivity contribution in [3.8, 4) is 17.2 Å². The van der Waals surface area contributed by atoms with Gasteiger partial charge in [0.05, 0.1) is 31.4 Å². The van der Waals surface area contributed by atoms with Gasteiger partial charge in [0.2, 0.25) is 15.9 Å². The first-order valence-electron chi connectivity index (χ1n) is 11.4. The van der Waals surface area contributed by atoms with E-state index in [1.165, 1.54) is 29.6 Å². The van der Waals surface area contributed by atoms with E-state index in [-0.39, 0.29) is 10.6 Å². The van der Waals surface area contributed by atoms with E-state index in [2.05, 4.69) is 5.32 Å². The van der Waals surface area contributed by atoms with Crippen molar-refractivity contribution in [1.82, 2.24) is 4.31 Å². The molecule has 0 aliphatic carbocycles. The minimum atomic E-state index is -3.66. The van der Waals surface area contributed by atoms with Gasteiger partial charge in [0.15, 0.2) is 11.5 Å². The van der Waals surface area contributed by atoms with Crippen molar-refractivity contribution >= 4 is 27.7 Å². The van der Waals surface area contributed by atoms with Gasteiger partial charge in [-0.05, 0) is 61.7 Å². The van der Waals surface area contributed by atoms with Gasteiger partial charge >= 0.3 is 0 Å². The van der Waals surface area contributed by atoms with Gasteiger partial charge in [-0.1, -0.05) is 18.9 Å². The van der Waals surface area contributed by atoms with Crippen molar-refractivity contribution in [2.24, 2.45) is 0 Å². The van der Waals surface area contributed by atoms with Crippen LogP contribution < -0.4 is 19.5 Å². The summed E-state index contributed by atoms with van der Waals surface area (Å²) in [5.74, 6) is 1.15. The van der Waals surface area contributed by atoms with E-state index < -0.39 is 15.9 Å². The average molecular weight is 489 g/mol. The molecule has 0 atom stereocenters. The Bertz CT molecular complexity index is 1120. The maximum atomic E-state index is 13.2. The molecule has 1 fully saturated rings. The fourth-order valence-electron chi connectivity index (χ4n) is 3.79. The number of amides is 1. The molecule has 1 amide bonds. The molecule has 1 aliphatic rings. The van der Waals surface area contributed by atoms with Gasteiger partial charge in [0.1, 0.15) is 5.75 Å². The van der Waals surface area contributed by atoms with Crippen molar-refractivity contribution in [3.63, 3.8) is 0 Å². The third kappa shape index (κ3) is 6.30. The second kappa shape index (κ2) is 11.9. The van der Waals surface area contributed by atoms with Crippen LogP contribution in [0.25, 0.3) is 6.08 Å². The normalized spacial score (nSPS) is 15.0. The molecule has 0 aromatic heterocycles. The number of rotatable bonds is 9. The second-order valence-electron chi connectivity index (χ2n) is 7.85. The molecule has 34 heavy (non-hydrogen) atoms. The van der Waals surface area contributed by atoms with Gasteiger partial charge < -0.3 is 19.5 Å². The zero-order valence-electron chi connectivity index (χ0n) is 19.9. The molecule has 9 heteroatoms. The molecule has 0 spiro atoms. The van der Waals surface area contributed by atoms with E-state index >= 15 is 0 Å². The molecule has 1 aliphatic heterocycles. The molecule has 0 saturated carbocycles. The summed E-state index contributed by atoms with van der Waals surface area (Å²) < 4.78 is 44.0. The van der Waals surface area contributed by atoms with Gasteiger partial charge in [0, 0.05) is 19.2 Å². The number of carbonyl (C=O) groups is 1. The van der Waals surface area contributed by atoms with Crippen molar-refractivity contribution < 1.29 is 27.4 Å². The highest BCUT2D eigenvalue weighted by Crippen LogP contribution is 2.31. The number of nitrogens with one attached hydrogen (secondary N) is 1. The number of methoxy groups -OCH3 is 2. The van der Waals surface area contributed by atoms with Crippen molar-refractivity contribution in [3.05, 3.63) is 48.0 Å². The largest absolute Gasteiger partial charge is 0.495 e. The highest BCUT2D eigenvalue weighted by Gasteiger charge is 2.26. The lowest BCUT2D eigenvalue weighted by molar-refractivity contribution is -0.111. The van der Waals surface area contributed by atoms with Crippen LogP contribution in [-0.4, -0.2) is 52.5 Å². The lowest BCUT2D eigenvalue weighted by Crippen LogP contribution is -2.32. The van der Waals surface area contributed by atoms with Gasteiger partial charge in [-0.15, -0.1) is 0 Å². The summed E-state index contributed by atoms with van der Waals surface area (Å²) in [4.78, 5) is 12.8. The van der Waals surface area contributed by atoms with Crippen LogP contribution in [0.15, 0.2) is 47.4 Å². The molecule has 1 N–H and O–H groups in total. The molecule has 184 valence electrons. The van der Waals surface area contributed by atoms with Crippen LogP contribution in [0.1, 0.15) is 38.2 Å². The topological polar surface area (TPSA) is 94.2 Å². The average Bonchev–Trinajstić information content (AvgIpc) is 3.13. The molecular formula is C25H32N2O6S. The summed E-state index contributed by atoms with van der Waals surface area (Å²) in [7, 11) is -0.625. The highest BCUT2D eigenvalue weighted by atomic mass is 32.2. The van der Waals surface area contributed by atoms with E-state index in [0.29, 0.717) is 36.9 Å². The Balaban J connectivity index is 1.79. The Morgan fingerprint density at radius 3 is 2.29 bits per heavy atom. The van der Waals surface area contributed by atoms with Crippen LogP contribution in [0, 0.1) is 0 Å². The number of benzene rings is 2. The number of anilines is 1. The Kier molecular flexibility index (Phi) is 8.95. The molecule has 8 nitrogen and oxygen atoms in total. The minimum absolute atomic E-state index is 0.131. The van der Waals surface area contributed by atoms with Gasteiger partial charge in [-0.3, -0.25) is 4.79 Å². The molecule has 0 radical (unpaired) electrons. The number of sulfonamides is 1. The monoisotopic (exact) mass is 488 g/mol. The summed E-state index contributed by atoms with van der Waals surface area (Å²) >= 11 is 0. The van der Waals surface area contributed by atoms with Gasteiger partial charge in [-0.2, -0.15) is 4.31 Å². The molecule has 2 aromatic carbocycles. The number of carbonyl (C=O) groups excluding carboxylic acids is 1. The number of ether oxygens (including phenoxy) is 3. The fourth-order valence-corrected chi connectivity index (χ4v) is 5.33. The van der Waals surface area contributed by atoms with Crippen molar-refractivity contribution in [2.45, 2.75) is 37.5 Å². The Hall–Kier alpha value is -3.04. The van der Waals surface area contributed by atoms with Crippen LogP contribution in [0.2, 0.25) is 0 Å². The summed E-state index contributed by atoms with van der Waals surface area (Å²) in [6, 6.07) is 9.87. The van der Waals surface area contributed by atoms with Crippen molar-refractivity contribution in [2.75, 3.05) is 39.2 Å². The number of hydrogen-bond acceptors (Lipinski definition) is 6. The molecule has 0 bridgehead atoms. The first-order chi connectivity index (χ1) is 16.4. The lowest BCUT2D eigenvalue weighted by atomic mass is 10.2. The molecule has 1 saturated heterocycles. The SMILES string of the molecule is CCOc1cc(C=CC(=O)Nc2cc(S(=O)(=O)N3CCCCCC3)ccc2OC)ccc1OC. The van der Waals surface area contributed by atoms with E-state index in [1.807, 2.05) is 6.92 Å². The maximum absolute atomic E-state index is 13.2. The van der Waals surface area contributed by atoms with Gasteiger partial charge in [0.25, 0.3) is 0 Å². The smallest absolute Gasteiger partial charge is 0.248 e. The number of nitrogens with zero attached hydrogens (tertiary/aromatic N) is 1. The third-order valence-electron chi connectivity index (χ3n) is 5.55. The van der Waals surface area contributed by atoms with Crippen LogP contribution in [0.3, 0.4) is 0 Å². The third-order valence-corrected chi connectivity index (χ3v) is 7.44. The minimum Gasteiger partial charge on any atom is -0.495 e. The summed E-state index contributed by atoms with van der Waals surface area (Å²) in [5.41, 5.74) is 1.04. The van der Waals surface area contributed by atoms with Gasteiger partial charge in [-0.25, -0.2) is 8.42 Å². The van der Waals surface area contributed by atoms with Crippen LogP contribution >= 0.6 is 0 Å². The molecule has 3 rings (SSSR count). The zero-order valence-corrected chi connectivity index (χ0v) is 20.7. The van der Waals surface area contributed by atoms with Crippen LogP contribution in [0.4, 0.5) is 5.69 Å². The molecule has 2 aromatic rings. The Morgan fingerprint density at radius 1 is 0.971 bits per heavy atom. The van der Waals surface area contributed by atoms with Crippen molar-refractivity contribution in [1.29, 1.82) is 0 Å². The summed E-state index contributed by atoms with van der Waals surface area (Å²) in [6.07, 6.45) is 6.76. The maximum Gasteiger partial charge on any atom is 0.248 e. The van der Waals surface area contributed by atoms with E-state index in [9.17, 15) is 13.2 Å². The van der Waals surface area contributed by atoms with E-state index in [1.54, 1.807) is 37.5 Å². The summed E-state index contributed by atoms with van der Waals surface area (Å²) in [6.45, 7) is 3.37. The Labute approximate surface area is 201 Å². The highest BCUT2D eigenvalue weighted by molar-refractivity contribution is 7.89. The number of hydrogen-bond donors (Lipinski definition) is 1. The first-order valence-corrected chi connectivity index (χ1v) is 12.8.